The molecule has 7 nitrogen and oxygen atoms in total. The monoisotopic (exact) mass is 480 g/mol. The summed E-state index contributed by atoms with van der Waals surface area (Å²) < 4.78 is 5.52. The van der Waals surface area contributed by atoms with Crippen molar-refractivity contribution in [2.45, 2.75) is 83.5 Å². The Balaban J connectivity index is 1.66. The molecule has 0 aromatic heterocycles. The van der Waals surface area contributed by atoms with E-state index < -0.39 is 30.1 Å². The fourth-order valence-electron chi connectivity index (χ4n) is 4.41. The first-order chi connectivity index (χ1) is 17.0. The summed E-state index contributed by atoms with van der Waals surface area (Å²) in [4.78, 5) is 39.5. The van der Waals surface area contributed by atoms with E-state index in [-0.39, 0.29) is 13.2 Å². The molecule has 0 fully saturated rings. The first-order valence-electron chi connectivity index (χ1n) is 12.6. The maximum atomic E-state index is 13.3. The van der Waals surface area contributed by atoms with E-state index in [9.17, 15) is 19.5 Å². The molecule has 3 rings (SSSR count). The molecule has 2 aromatic carbocycles. The Labute approximate surface area is 207 Å². The molecule has 1 aliphatic rings. The van der Waals surface area contributed by atoms with Crippen LogP contribution in [0.15, 0.2) is 54.6 Å². The molecule has 2 aromatic rings. The van der Waals surface area contributed by atoms with Gasteiger partial charge in [0.15, 0.2) is 0 Å². The lowest BCUT2D eigenvalue weighted by Crippen LogP contribution is -2.55. The molecule has 0 saturated heterocycles. The smallest absolute Gasteiger partial charge is 0.411 e. The van der Waals surface area contributed by atoms with Crippen LogP contribution in [0, 0.1) is 0 Å². The lowest BCUT2D eigenvalue weighted by molar-refractivity contribution is -0.143. The summed E-state index contributed by atoms with van der Waals surface area (Å²) >= 11 is 0. The van der Waals surface area contributed by atoms with E-state index >= 15 is 0 Å². The van der Waals surface area contributed by atoms with Crippen molar-refractivity contribution in [3.8, 4) is 0 Å². The van der Waals surface area contributed by atoms with Crippen molar-refractivity contribution in [1.82, 2.24) is 10.2 Å². The first-order valence-corrected chi connectivity index (χ1v) is 12.6. The van der Waals surface area contributed by atoms with Gasteiger partial charge in [-0.1, -0.05) is 100 Å². The SMILES string of the molecule is CCCCCCCC[C@@H](NC(=O)[C@@H]1Cc2ccccc2CN1C(=O)OCc1ccccc1)C(=O)O. The molecule has 0 bridgehead atoms. The summed E-state index contributed by atoms with van der Waals surface area (Å²) in [6.07, 6.45) is 6.30. The second-order valence-electron chi connectivity index (χ2n) is 9.11. The zero-order chi connectivity index (χ0) is 25.0. The number of benzene rings is 2. The third-order valence-corrected chi connectivity index (χ3v) is 6.45. The van der Waals surface area contributed by atoms with E-state index in [1.807, 2.05) is 54.6 Å². The molecule has 2 atom stereocenters. The third-order valence-electron chi connectivity index (χ3n) is 6.45. The Morgan fingerprint density at radius 2 is 1.63 bits per heavy atom. The van der Waals surface area contributed by atoms with Crippen LogP contribution < -0.4 is 5.32 Å². The predicted molar refractivity (Wildman–Crippen MR) is 134 cm³/mol. The number of ether oxygens (including phenoxy) is 1. The van der Waals surface area contributed by atoms with Crippen LogP contribution in [-0.4, -0.2) is 40.1 Å². The highest BCUT2D eigenvalue weighted by Crippen LogP contribution is 2.25. The summed E-state index contributed by atoms with van der Waals surface area (Å²) in [5, 5.41) is 12.4. The number of unbranched alkanes of at least 4 members (excludes halogenated alkanes) is 5. The molecule has 188 valence electrons. The Morgan fingerprint density at radius 3 is 2.34 bits per heavy atom. The van der Waals surface area contributed by atoms with E-state index in [4.69, 9.17) is 4.74 Å². The van der Waals surface area contributed by atoms with Crippen LogP contribution >= 0.6 is 0 Å². The van der Waals surface area contributed by atoms with E-state index in [0.717, 1.165) is 48.8 Å². The average molecular weight is 481 g/mol. The number of fused-ring (bicyclic) bond motifs is 1. The van der Waals surface area contributed by atoms with Gasteiger partial charge in [0.05, 0.1) is 6.54 Å². The van der Waals surface area contributed by atoms with E-state index in [0.29, 0.717) is 12.8 Å². The van der Waals surface area contributed by atoms with Gasteiger partial charge in [-0.05, 0) is 23.1 Å². The van der Waals surface area contributed by atoms with Crippen LogP contribution in [0.25, 0.3) is 0 Å². The summed E-state index contributed by atoms with van der Waals surface area (Å²) in [5.41, 5.74) is 2.78. The molecule has 35 heavy (non-hydrogen) atoms. The number of carbonyl (C=O) groups excluding carboxylic acids is 2. The summed E-state index contributed by atoms with van der Waals surface area (Å²) in [7, 11) is 0. The third kappa shape index (κ3) is 7.84. The van der Waals surface area contributed by atoms with Gasteiger partial charge in [0.25, 0.3) is 0 Å². The number of nitrogens with one attached hydrogen (secondary N) is 1. The molecule has 0 radical (unpaired) electrons. The number of nitrogens with zero attached hydrogens (tertiary/aromatic N) is 1. The minimum Gasteiger partial charge on any atom is -0.480 e. The number of carboxylic acids is 1. The molecule has 0 saturated carbocycles. The number of carboxylic acid groups (broad SMARTS) is 1. The number of aliphatic carboxylic acids is 1. The van der Waals surface area contributed by atoms with Gasteiger partial charge in [-0.15, -0.1) is 0 Å². The quantitative estimate of drug-likeness (QED) is 0.414. The van der Waals surface area contributed by atoms with Crippen molar-refractivity contribution >= 4 is 18.0 Å². The Hall–Kier alpha value is -3.35. The number of hydrogen-bond acceptors (Lipinski definition) is 4. The molecule has 2 N–H and O–H groups in total. The van der Waals surface area contributed by atoms with E-state index in [1.165, 1.54) is 11.3 Å². The molecular formula is C28H36N2O5. The van der Waals surface area contributed by atoms with Crippen molar-refractivity contribution in [2.75, 3.05) is 0 Å². The maximum absolute atomic E-state index is 13.3. The predicted octanol–water partition coefficient (Wildman–Crippen LogP) is 5.07. The van der Waals surface area contributed by atoms with Gasteiger partial charge in [0.1, 0.15) is 18.7 Å². The zero-order valence-electron chi connectivity index (χ0n) is 20.4. The summed E-state index contributed by atoms with van der Waals surface area (Å²) in [6.45, 7) is 2.49. The second kappa shape index (κ2) is 13.5. The van der Waals surface area contributed by atoms with Crippen LogP contribution in [0.1, 0.15) is 68.6 Å². The molecule has 2 amide bonds. The summed E-state index contributed by atoms with van der Waals surface area (Å²) in [6, 6.07) is 15.2. The van der Waals surface area contributed by atoms with Gasteiger partial charge >= 0.3 is 12.1 Å². The topological polar surface area (TPSA) is 95.9 Å². The van der Waals surface area contributed by atoms with Crippen LogP contribution in [0.2, 0.25) is 0 Å². The van der Waals surface area contributed by atoms with Gasteiger partial charge in [-0.2, -0.15) is 0 Å². The van der Waals surface area contributed by atoms with Gasteiger partial charge in [0, 0.05) is 6.42 Å². The molecule has 1 aliphatic heterocycles. The molecule has 1 heterocycles. The van der Waals surface area contributed by atoms with Gasteiger partial charge in [-0.3, -0.25) is 9.69 Å². The molecular weight excluding hydrogens is 444 g/mol. The number of amides is 2. The van der Waals surface area contributed by atoms with Crippen LogP contribution in [0.5, 0.6) is 0 Å². The maximum Gasteiger partial charge on any atom is 0.411 e. The lowest BCUT2D eigenvalue weighted by atomic mass is 9.93. The number of hydrogen-bond donors (Lipinski definition) is 2. The molecule has 0 spiro atoms. The minimum absolute atomic E-state index is 0.0991. The van der Waals surface area contributed by atoms with Crippen LogP contribution in [0.3, 0.4) is 0 Å². The second-order valence-corrected chi connectivity index (χ2v) is 9.11. The van der Waals surface area contributed by atoms with Crippen molar-refractivity contribution in [2.24, 2.45) is 0 Å². The highest BCUT2D eigenvalue weighted by molar-refractivity contribution is 5.89. The fourth-order valence-corrected chi connectivity index (χ4v) is 4.41. The molecule has 0 aliphatic carbocycles. The number of rotatable bonds is 12. The first kappa shape index (κ1) is 26.3. The highest BCUT2D eigenvalue weighted by Gasteiger charge is 2.37. The van der Waals surface area contributed by atoms with Gasteiger partial charge in [-0.25, -0.2) is 9.59 Å². The van der Waals surface area contributed by atoms with Crippen LogP contribution in [0.4, 0.5) is 4.79 Å². The average Bonchev–Trinajstić information content (AvgIpc) is 2.88. The van der Waals surface area contributed by atoms with Crippen molar-refractivity contribution in [3.63, 3.8) is 0 Å². The zero-order valence-corrected chi connectivity index (χ0v) is 20.4. The highest BCUT2D eigenvalue weighted by atomic mass is 16.6. The largest absolute Gasteiger partial charge is 0.480 e. The Kier molecular flexibility index (Phi) is 10.1. The Morgan fingerprint density at radius 1 is 0.971 bits per heavy atom. The van der Waals surface area contributed by atoms with E-state index in [1.54, 1.807) is 0 Å². The minimum atomic E-state index is -1.05. The van der Waals surface area contributed by atoms with Crippen molar-refractivity contribution < 1.29 is 24.2 Å². The molecule has 7 heteroatoms. The van der Waals surface area contributed by atoms with Gasteiger partial charge < -0.3 is 15.2 Å². The lowest BCUT2D eigenvalue weighted by Gasteiger charge is -2.35. The fraction of sp³-hybridized carbons (Fsp3) is 0.464. The van der Waals surface area contributed by atoms with Crippen molar-refractivity contribution in [1.29, 1.82) is 0 Å². The van der Waals surface area contributed by atoms with E-state index in [2.05, 4.69) is 12.2 Å². The molecule has 0 unspecified atom stereocenters. The van der Waals surface area contributed by atoms with Crippen molar-refractivity contribution in [3.05, 3.63) is 71.3 Å². The standard InChI is InChI=1S/C28H36N2O5/c1-2-3-4-5-6-10-17-24(27(32)33)29-26(31)25-18-22-15-11-12-16-23(22)19-30(25)28(34)35-20-21-13-8-7-9-14-21/h7-9,11-16,24-25H,2-6,10,17-20H2,1H3,(H,29,31)(H,32,33)/t24-,25+/m1/s1. The van der Waals surface area contributed by atoms with Gasteiger partial charge in [0.2, 0.25) is 5.91 Å². The van der Waals surface area contributed by atoms with Crippen LogP contribution in [-0.2, 0) is 33.9 Å². The normalized spacial score (nSPS) is 15.7. The number of carbonyl (C=O) groups is 3. The Bertz CT molecular complexity index is 978. The summed E-state index contributed by atoms with van der Waals surface area (Å²) in [5.74, 6) is -1.52.